The van der Waals surface area contributed by atoms with Crippen LogP contribution in [0.3, 0.4) is 0 Å². The van der Waals surface area contributed by atoms with E-state index in [2.05, 4.69) is 15.6 Å². The van der Waals surface area contributed by atoms with Gasteiger partial charge in [0.15, 0.2) is 5.82 Å². The molecule has 0 saturated carbocycles. The van der Waals surface area contributed by atoms with Crippen molar-refractivity contribution in [2.75, 3.05) is 25.1 Å². The molecule has 8 heteroatoms. The van der Waals surface area contributed by atoms with E-state index in [9.17, 15) is 9.18 Å². The molecular weight excluding hydrogens is 325 g/mol. The smallest absolute Gasteiger partial charge is 0.323 e. The molecule has 0 bridgehead atoms. The molecule has 1 atom stereocenters. The topological polar surface area (TPSA) is 72.3 Å². The maximum absolute atomic E-state index is 13.8. The first-order chi connectivity index (χ1) is 12.1. The molecule has 134 valence electrons. The number of rotatable bonds is 4. The largest absolute Gasteiger partial charge is 0.377 e. The van der Waals surface area contributed by atoms with Crippen molar-refractivity contribution in [2.45, 2.75) is 32.9 Å². The van der Waals surface area contributed by atoms with E-state index in [-0.39, 0.29) is 24.4 Å². The number of halogens is 1. The summed E-state index contributed by atoms with van der Waals surface area (Å²) in [5.41, 5.74) is 1.20. The van der Waals surface area contributed by atoms with Crippen LogP contribution in [0.4, 0.5) is 15.0 Å². The van der Waals surface area contributed by atoms with Crippen LogP contribution in [-0.2, 0) is 11.3 Å². The molecule has 7 nitrogen and oxygen atoms in total. The Morgan fingerprint density at radius 3 is 3.00 bits per heavy atom. The Morgan fingerprint density at radius 2 is 2.24 bits per heavy atom. The van der Waals surface area contributed by atoms with Crippen LogP contribution >= 0.6 is 0 Å². The highest BCUT2D eigenvalue weighted by Crippen LogP contribution is 2.16. The number of hydrogen-bond acceptors (Lipinski definition) is 4. The molecule has 1 aromatic heterocycles. The maximum Gasteiger partial charge on any atom is 0.323 e. The van der Waals surface area contributed by atoms with Crippen LogP contribution in [0, 0.1) is 12.7 Å². The number of morpholine rings is 1. The zero-order valence-electron chi connectivity index (χ0n) is 14.4. The average Bonchev–Trinajstić information content (AvgIpc) is 2.97. The quantitative estimate of drug-likeness (QED) is 0.922. The number of nitrogens with one attached hydrogen (secondary N) is 1. The lowest BCUT2D eigenvalue weighted by Crippen LogP contribution is -2.50. The van der Waals surface area contributed by atoms with E-state index in [1.165, 1.54) is 6.07 Å². The number of urea groups is 1. The van der Waals surface area contributed by atoms with Crippen LogP contribution < -0.4 is 5.32 Å². The number of ether oxygens (including phenoxy) is 1. The molecule has 2 aromatic rings. The molecule has 0 aliphatic carbocycles. The second-order valence-electron chi connectivity index (χ2n) is 6.03. The number of carbonyl (C=O) groups excluding carboxylic acids is 1. The second-order valence-corrected chi connectivity index (χ2v) is 6.03. The van der Waals surface area contributed by atoms with E-state index in [1.807, 2.05) is 6.92 Å². The van der Waals surface area contributed by atoms with Gasteiger partial charge in [0.05, 0.1) is 31.5 Å². The Kier molecular flexibility index (Phi) is 5.28. The number of carbonyl (C=O) groups is 1. The van der Waals surface area contributed by atoms with Gasteiger partial charge in [-0.05, 0) is 19.4 Å². The van der Waals surface area contributed by atoms with Gasteiger partial charge >= 0.3 is 6.03 Å². The monoisotopic (exact) mass is 347 g/mol. The lowest BCUT2D eigenvalue weighted by atomic mass is 10.2. The van der Waals surface area contributed by atoms with E-state index in [0.29, 0.717) is 36.8 Å². The van der Waals surface area contributed by atoms with E-state index in [4.69, 9.17) is 4.74 Å². The Morgan fingerprint density at radius 1 is 1.44 bits per heavy atom. The Bertz CT molecular complexity index is 748. The number of hydrogen-bond donors (Lipinski definition) is 1. The SMILES string of the molecule is CCC1COCCN1C(=O)Nc1nnn(Cc2ccccc2F)c1C. The Hall–Kier alpha value is -2.48. The van der Waals surface area contributed by atoms with Crippen molar-refractivity contribution in [3.63, 3.8) is 0 Å². The summed E-state index contributed by atoms with van der Waals surface area (Å²) in [6, 6.07) is 6.38. The van der Waals surface area contributed by atoms with Gasteiger partial charge in [0.1, 0.15) is 5.82 Å². The third-order valence-electron chi connectivity index (χ3n) is 4.45. The molecular formula is C17H22FN5O2. The summed E-state index contributed by atoms with van der Waals surface area (Å²) in [6.07, 6.45) is 0.826. The molecule has 2 heterocycles. The van der Waals surface area contributed by atoms with Crippen molar-refractivity contribution < 1.29 is 13.9 Å². The molecule has 0 spiro atoms. The minimum Gasteiger partial charge on any atom is -0.377 e. The third kappa shape index (κ3) is 3.79. The van der Waals surface area contributed by atoms with E-state index < -0.39 is 0 Å². The van der Waals surface area contributed by atoms with Gasteiger partial charge in [0, 0.05) is 12.1 Å². The molecule has 1 aliphatic heterocycles. The molecule has 1 aromatic carbocycles. The lowest BCUT2D eigenvalue weighted by Gasteiger charge is -2.34. The third-order valence-corrected chi connectivity index (χ3v) is 4.45. The predicted octanol–water partition coefficient (Wildman–Crippen LogP) is 2.42. The second kappa shape index (κ2) is 7.60. The van der Waals surface area contributed by atoms with Gasteiger partial charge in [0.25, 0.3) is 0 Å². The molecule has 1 N–H and O–H groups in total. The molecule has 3 rings (SSSR count). The van der Waals surface area contributed by atoms with Crippen LogP contribution in [0.5, 0.6) is 0 Å². The van der Waals surface area contributed by atoms with Gasteiger partial charge in [-0.3, -0.25) is 5.32 Å². The fourth-order valence-corrected chi connectivity index (χ4v) is 2.85. The van der Waals surface area contributed by atoms with Crippen molar-refractivity contribution in [1.82, 2.24) is 19.9 Å². The van der Waals surface area contributed by atoms with Crippen molar-refractivity contribution >= 4 is 11.8 Å². The summed E-state index contributed by atoms with van der Waals surface area (Å²) in [7, 11) is 0. The van der Waals surface area contributed by atoms with Gasteiger partial charge in [-0.2, -0.15) is 0 Å². The maximum atomic E-state index is 13.8. The van der Waals surface area contributed by atoms with Crippen LogP contribution in [-0.4, -0.2) is 51.7 Å². The van der Waals surface area contributed by atoms with Crippen molar-refractivity contribution in [3.05, 3.63) is 41.3 Å². The van der Waals surface area contributed by atoms with Crippen molar-refractivity contribution in [3.8, 4) is 0 Å². The summed E-state index contributed by atoms with van der Waals surface area (Å²) in [4.78, 5) is 14.3. The summed E-state index contributed by atoms with van der Waals surface area (Å²) in [5, 5.41) is 10.9. The van der Waals surface area contributed by atoms with Crippen LogP contribution in [0.1, 0.15) is 24.6 Å². The fourth-order valence-electron chi connectivity index (χ4n) is 2.85. The molecule has 25 heavy (non-hydrogen) atoms. The standard InChI is InChI=1S/C17H22FN5O2/c1-3-14-11-25-9-8-22(14)17(24)19-16-12(2)23(21-20-16)10-13-6-4-5-7-15(13)18/h4-7,14H,3,8-11H2,1-2H3,(H,19,24). The van der Waals surface area contributed by atoms with E-state index in [1.54, 1.807) is 34.7 Å². The normalized spacial score (nSPS) is 17.6. The average molecular weight is 347 g/mol. The number of aromatic nitrogens is 3. The highest BCUT2D eigenvalue weighted by atomic mass is 19.1. The van der Waals surface area contributed by atoms with Gasteiger partial charge in [-0.1, -0.05) is 30.3 Å². The molecule has 1 unspecified atom stereocenters. The molecule has 0 radical (unpaired) electrons. The Labute approximate surface area is 145 Å². The highest BCUT2D eigenvalue weighted by molar-refractivity contribution is 5.89. The number of amides is 2. The summed E-state index contributed by atoms with van der Waals surface area (Å²) >= 11 is 0. The predicted molar refractivity (Wildman–Crippen MR) is 90.9 cm³/mol. The van der Waals surface area contributed by atoms with Crippen molar-refractivity contribution in [2.24, 2.45) is 0 Å². The Balaban J connectivity index is 1.71. The minimum absolute atomic E-state index is 0.0579. The van der Waals surface area contributed by atoms with Gasteiger partial charge < -0.3 is 9.64 Å². The van der Waals surface area contributed by atoms with Gasteiger partial charge in [-0.15, -0.1) is 5.10 Å². The van der Waals surface area contributed by atoms with Crippen LogP contribution in [0.2, 0.25) is 0 Å². The van der Waals surface area contributed by atoms with Gasteiger partial charge in [-0.25, -0.2) is 13.9 Å². The summed E-state index contributed by atoms with van der Waals surface area (Å²) < 4.78 is 20.8. The van der Waals surface area contributed by atoms with Gasteiger partial charge in [0.2, 0.25) is 0 Å². The molecule has 1 saturated heterocycles. The van der Waals surface area contributed by atoms with Crippen LogP contribution in [0.15, 0.2) is 24.3 Å². The first kappa shape index (κ1) is 17.3. The lowest BCUT2D eigenvalue weighted by molar-refractivity contribution is 0.0143. The first-order valence-electron chi connectivity index (χ1n) is 8.39. The molecule has 1 fully saturated rings. The molecule has 2 amide bonds. The molecule has 1 aliphatic rings. The first-order valence-corrected chi connectivity index (χ1v) is 8.39. The minimum atomic E-state index is -0.290. The summed E-state index contributed by atoms with van der Waals surface area (Å²) in [6.45, 7) is 5.71. The van der Waals surface area contributed by atoms with Crippen LogP contribution in [0.25, 0.3) is 0 Å². The highest BCUT2D eigenvalue weighted by Gasteiger charge is 2.27. The zero-order chi connectivity index (χ0) is 17.8. The van der Waals surface area contributed by atoms with Crippen molar-refractivity contribution in [1.29, 1.82) is 0 Å². The zero-order valence-corrected chi connectivity index (χ0v) is 14.4. The number of benzene rings is 1. The number of anilines is 1. The summed E-state index contributed by atoms with van der Waals surface area (Å²) in [5.74, 6) is 0.102. The van der Waals surface area contributed by atoms with E-state index in [0.717, 1.165) is 6.42 Å². The fraction of sp³-hybridized carbons (Fsp3) is 0.471. The number of nitrogens with zero attached hydrogens (tertiary/aromatic N) is 4. The van der Waals surface area contributed by atoms with E-state index >= 15 is 0 Å².